The predicted molar refractivity (Wildman–Crippen MR) is 111 cm³/mol. The average molecular weight is 434 g/mol. The molecule has 1 atom stereocenters. The van der Waals surface area contributed by atoms with E-state index in [4.69, 9.17) is 17.3 Å². The van der Waals surface area contributed by atoms with Crippen molar-refractivity contribution in [2.45, 2.75) is 36.6 Å². The van der Waals surface area contributed by atoms with E-state index in [2.05, 4.69) is 10.3 Å². The minimum absolute atomic E-state index is 0.0628. The maximum Gasteiger partial charge on any atom is 0.269 e. The number of primary amides is 1. The fourth-order valence-corrected chi connectivity index (χ4v) is 5.09. The highest BCUT2D eigenvalue weighted by molar-refractivity contribution is 7.91. The smallest absolute Gasteiger partial charge is 0.269 e. The molecule has 0 spiro atoms. The number of benzene rings is 2. The summed E-state index contributed by atoms with van der Waals surface area (Å²) in [6.45, 7) is 5.00. The third-order valence-electron chi connectivity index (χ3n) is 4.49. The standard InChI is InChI=1S/C20H20ClN3O4S/c1-10-6-11(2)8-14(7-10)29(27,28)18-15-9-13(21)4-5-16(15)24-17(18)20(26)23-12(3)19(22)25/h4-9,12,24H,1-3H3,(H2,22,25)(H,23,26)/t12-/m0/s1. The van der Waals surface area contributed by atoms with Gasteiger partial charge >= 0.3 is 0 Å². The fourth-order valence-electron chi connectivity index (χ4n) is 3.12. The lowest BCUT2D eigenvalue weighted by atomic mass is 10.2. The minimum Gasteiger partial charge on any atom is -0.368 e. The summed E-state index contributed by atoms with van der Waals surface area (Å²) in [6.07, 6.45) is 0. The molecule has 1 heterocycles. The van der Waals surface area contributed by atoms with Crippen LogP contribution in [0.15, 0.2) is 46.2 Å². The van der Waals surface area contributed by atoms with Gasteiger partial charge in [0.25, 0.3) is 5.91 Å². The van der Waals surface area contributed by atoms with E-state index in [1.54, 1.807) is 38.1 Å². The summed E-state index contributed by atoms with van der Waals surface area (Å²) in [5, 5.41) is 3.03. The first kappa shape index (κ1) is 20.9. The molecule has 9 heteroatoms. The molecule has 2 aromatic carbocycles. The van der Waals surface area contributed by atoms with Gasteiger partial charge in [0.05, 0.1) is 4.90 Å². The number of rotatable bonds is 5. The SMILES string of the molecule is Cc1cc(C)cc(S(=O)(=O)c2c(C(=O)N[C@@H](C)C(N)=O)[nH]c3ccc(Cl)cc23)c1. The molecule has 3 aromatic rings. The lowest BCUT2D eigenvalue weighted by Gasteiger charge is -2.12. The van der Waals surface area contributed by atoms with E-state index in [1.807, 2.05) is 6.07 Å². The first-order valence-corrected chi connectivity index (χ1v) is 10.6. The number of nitrogens with one attached hydrogen (secondary N) is 2. The van der Waals surface area contributed by atoms with E-state index in [-0.39, 0.29) is 20.9 Å². The number of hydrogen-bond donors (Lipinski definition) is 3. The van der Waals surface area contributed by atoms with Crippen molar-refractivity contribution in [2.24, 2.45) is 5.73 Å². The van der Waals surface area contributed by atoms with E-state index in [0.29, 0.717) is 10.5 Å². The lowest BCUT2D eigenvalue weighted by Crippen LogP contribution is -2.42. The topological polar surface area (TPSA) is 122 Å². The number of aromatic nitrogens is 1. The molecule has 2 amide bonds. The Morgan fingerprint density at radius 2 is 1.72 bits per heavy atom. The van der Waals surface area contributed by atoms with Crippen LogP contribution in [-0.4, -0.2) is 31.3 Å². The van der Waals surface area contributed by atoms with Gasteiger partial charge in [-0.05, 0) is 62.2 Å². The summed E-state index contributed by atoms with van der Waals surface area (Å²) < 4.78 is 27.1. The van der Waals surface area contributed by atoms with Crippen molar-refractivity contribution in [3.05, 3.63) is 58.2 Å². The zero-order chi connectivity index (χ0) is 21.5. The van der Waals surface area contributed by atoms with Crippen LogP contribution in [-0.2, 0) is 14.6 Å². The number of aryl methyl sites for hydroxylation is 2. The van der Waals surface area contributed by atoms with Gasteiger partial charge in [0, 0.05) is 15.9 Å². The number of nitrogens with two attached hydrogens (primary N) is 1. The van der Waals surface area contributed by atoms with Gasteiger partial charge in [0.2, 0.25) is 15.7 Å². The largest absolute Gasteiger partial charge is 0.368 e. The molecule has 0 fully saturated rings. The predicted octanol–water partition coefficient (Wildman–Crippen LogP) is 2.87. The molecule has 0 saturated heterocycles. The summed E-state index contributed by atoms with van der Waals surface area (Å²) in [5.41, 5.74) is 6.99. The Balaban J connectivity index is 2.28. The Morgan fingerprint density at radius 3 is 2.31 bits per heavy atom. The number of carbonyl (C=O) groups is 2. The van der Waals surface area contributed by atoms with Crippen LogP contribution in [0.2, 0.25) is 5.02 Å². The van der Waals surface area contributed by atoms with Gasteiger partial charge in [0.15, 0.2) is 0 Å². The summed E-state index contributed by atoms with van der Waals surface area (Å²) in [6, 6.07) is 8.62. The van der Waals surface area contributed by atoms with Crippen LogP contribution in [0, 0.1) is 13.8 Å². The molecule has 152 valence electrons. The van der Waals surface area contributed by atoms with Gasteiger partial charge in [-0.1, -0.05) is 17.7 Å². The number of hydrogen-bond acceptors (Lipinski definition) is 4. The summed E-state index contributed by atoms with van der Waals surface area (Å²) in [7, 11) is -4.08. The highest BCUT2D eigenvalue weighted by Gasteiger charge is 2.31. The molecule has 0 bridgehead atoms. The van der Waals surface area contributed by atoms with Crippen LogP contribution >= 0.6 is 11.6 Å². The van der Waals surface area contributed by atoms with Gasteiger partial charge in [0.1, 0.15) is 16.6 Å². The molecule has 3 rings (SSSR count). The number of sulfone groups is 1. The Kier molecular flexibility index (Phi) is 5.42. The van der Waals surface area contributed by atoms with Crippen LogP contribution < -0.4 is 11.1 Å². The number of carbonyl (C=O) groups excluding carboxylic acids is 2. The molecule has 0 radical (unpaired) electrons. The lowest BCUT2D eigenvalue weighted by molar-refractivity contribution is -0.119. The highest BCUT2D eigenvalue weighted by Crippen LogP contribution is 2.34. The molecular formula is C20H20ClN3O4S. The van der Waals surface area contributed by atoms with E-state index in [9.17, 15) is 18.0 Å². The normalized spacial score (nSPS) is 12.7. The maximum atomic E-state index is 13.5. The number of H-pyrrole nitrogens is 1. The number of halogens is 1. The van der Waals surface area contributed by atoms with Crippen LogP contribution in [0.3, 0.4) is 0 Å². The molecule has 0 aliphatic heterocycles. The third-order valence-corrected chi connectivity index (χ3v) is 6.54. The molecule has 0 unspecified atom stereocenters. The monoisotopic (exact) mass is 433 g/mol. The number of fused-ring (bicyclic) bond motifs is 1. The zero-order valence-electron chi connectivity index (χ0n) is 16.0. The van der Waals surface area contributed by atoms with Crippen LogP contribution in [0.25, 0.3) is 10.9 Å². The quantitative estimate of drug-likeness (QED) is 0.572. The van der Waals surface area contributed by atoms with Crippen molar-refractivity contribution in [3.63, 3.8) is 0 Å². The maximum absolute atomic E-state index is 13.5. The number of aromatic amines is 1. The first-order chi connectivity index (χ1) is 13.5. The molecule has 7 nitrogen and oxygen atoms in total. The molecule has 29 heavy (non-hydrogen) atoms. The Labute approximate surface area is 173 Å². The van der Waals surface area contributed by atoms with Gasteiger partial charge in [-0.15, -0.1) is 0 Å². The van der Waals surface area contributed by atoms with Crippen LogP contribution in [0.4, 0.5) is 0 Å². The highest BCUT2D eigenvalue weighted by atomic mass is 35.5. The second kappa shape index (κ2) is 7.53. The molecule has 0 aliphatic carbocycles. The molecule has 1 aromatic heterocycles. The van der Waals surface area contributed by atoms with Gasteiger partial charge in [-0.3, -0.25) is 9.59 Å². The fraction of sp³-hybridized carbons (Fsp3) is 0.200. The Morgan fingerprint density at radius 1 is 1.10 bits per heavy atom. The van der Waals surface area contributed by atoms with Crippen LogP contribution in [0.1, 0.15) is 28.5 Å². The molecular weight excluding hydrogens is 414 g/mol. The van der Waals surface area contributed by atoms with E-state index in [1.165, 1.54) is 13.0 Å². The second-order valence-corrected chi connectivity index (χ2v) is 9.27. The second-order valence-electron chi connectivity index (χ2n) is 6.94. The van der Waals surface area contributed by atoms with Crippen LogP contribution in [0.5, 0.6) is 0 Å². The minimum atomic E-state index is -4.08. The van der Waals surface area contributed by atoms with Crippen molar-refractivity contribution < 1.29 is 18.0 Å². The van der Waals surface area contributed by atoms with Crippen molar-refractivity contribution in [1.29, 1.82) is 0 Å². The number of amides is 2. The zero-order valence-corrected chi connectivity index (χ0v) is 17.6. The average Bonchev–Trinajstić information content (AvgIpc) is 3.00. The van der Waals surface area contributed by atoms with Crippen molar-refractivity contribution in [3.8, 4) is 0 Å². The first-order valence-electron chi connectivity index (χ1n) is 8.75. The van der Waals surface area contributed by atoms with Crippen molar-refractivity contribution >= 4 is 44.2 Å². The summed E-state index contributed by atoms with van der Waals surface area (Å²) >= 11 is 6.08. The van der Waals surface area contributed by atoms with E-state index < -0.39 is 27.7 Å². The Bertz CT molecular complexity index is 1230. The molecule has 0 aliphatic rings. The third kappa shape index (κ3) is 3.99. The van der Waals surface area contributed by atoms with Crippen molar-refractivity contribution in [2.75, 3.05) is 0 Å². The van der Waals surface area contributed by atoms with Crippen molar-refractivity contribution in [1.82, 2.24) is 10.3 Å². The Hall–Kier alpha value is -2.84. The summed E-state index contributed by atoms with van der Waals surface area (Å²) in [5.74, 6) is -1.50. The van der Waals surface area contributed by atoms with Gasteiger partial charge in [-0.25, -0.2) is 8.42 Å². The van der Waals surface area contributed by atoms with Gasteiger partial charge < -0.3 is 16.0 Å². The molecule has 0 saturated carbocycles. The van der Waals surface area contributed by atoms with E-state index in [0.717, 1.165) is 11.1 Å². The summed E-state index contributed by atoms with van der Waals surface area (Å²) in [4.78, 5) is 26.8. The van der Waals surface area contributed by atoms with E-state index >= 15 is 0 Å². The van der Waals surface area contributed by atoms with Gasteiger partial charge in [-0.2, -0.15) is 0 Å². The molecule has 4 N–H and O–H groups in total.